The Morgan fingerprint density at radius 1 is 0.476 bits per heavy atom. The molecule has 128 valence electrons. The molecule has 0 aromatic rings. The van der Waals surface area contributed by atoms with E-state index in [9.17, 15) is 0 Å². The van der Waals surface area contributed by atoms with Crippen molar-refractivity contribution >= 4 is 0 Å². The van der Waals surface area contributed by atoms with E-state index in [2.05, 4.69) is 21.1 Å². The number of quaternary nitrogens is 1. The molecule has 0 aromatic carbocycles. The van der Waals surface area contributed by atoms with E-state index < -0.39 is 0 Å². The first-order chi connectivity index (χ1) is 10.1. The molecule has 21 heavy (non-hydrogen) atoms. The maximum atomic E-state index is 8.69. The van der Waals surface area contributed by atoms with Crippen LogP contribution in [0, 0.1) is 0 Å². The Hall–Kier alpha value is -0.0800. The third-order valence-corrected chi connectivity index (χ3v) is 4.24. The molecule has 0 amide bonds. The number of aliphatic hydroxyl groups excluding tert-OH is 1. The Balaban J connectivity index is 3.00. The van der Waals surface area contributed by atoms with Gasteiger partial charge in [-0.2, -0.15) is 0 Å². The molecule has 0 aromatic heterocycles. The van der Waals surface area contributed by atoms with Crippen molar-refractivity contribution in [1.29, 1.82) is 0 Å². The summed E-state index contributed by atoms with van der Waals surface area (Å²) in [7, 11) is 6.85. The van der Waals surface area contributed by atoms with Gasteiger partial charge in [0.05, 0.1) is 27.7 Å². The predicted octanol–water partition coefficient (Wildman–Crippen LogP) is 5.15. The van der Waals surface area contributed by atoms with Gasteiger partial charge in [0, 0.05) is 6.61 Å². The fraction of sp³-hybridized carbons (Fsp3) is 1.00. The van der Waals surface area contributed by atoms with E-state index in [1.54, 1.807) is 0 Å². The van der Waals surface area contributed by atoms with Crippen molar-refractivity contribution in [3.63, 3.8) is 0 Å². The molecule has 0 rings (SSSR count). The molecule has 0 atom stereocenters. The molecule has 0 bridgehead atoms. The van der Waals surface area contributed by atoms with E-state index in [0.29, 0.717) is 6.61 Å². The summed E-state index contributed by atoms with van der Waals surface area (Å²) >= 11 is 0. The van der Waals surface area contributed by atoms with Gasteiger partial charge in [-0.05, 0) is 19.3 Å². The zero-order chi connectivity index (χ0) is 15.8. The van der Waals surface area contributed by atoms with Crippen LogP contribution in [0.3, 0.4) is 0 Å². The van der Waals surface area contributed by atoms with Gasteiger partial charge in [0.25, 0.3) is 0 Å². The lowest BCUT2D eigenvalue weighted by molar-refractivity contribution is -0.870. The molecule has 0 spiro atoms. The molecule has 0 unspecified atom stereocenters. The van der Waals surface area contributed by atoms with E-state index in [1.165, 1.54) is 90.0 Å². The largest absolute Gasteiger partial charge is 0.396 e. The van der Waals surface area contributed by atoms with Gasteiger partial charge >= 0.3 is 0 Å². The van der Waals surface area contributed by atoms with Crippen LogP contribution in [0.1, 0.15) is 89.9 Å². The van der Waals surface area contributed by atoms with Crippen molar-refractivity contribution in [2.45, 2.75) is 89.9 Å². The van der Waals surface area contributed by atoms with Crippen molar-refractivity contribution in [3.8, 4) is 0 Å². The van der Waals surface area contributed by atoms with Gasteiger partial charge < -0.3 is 9.59 Å². The highest BCUT2D eigenvalue weighted by Gasteiger charge is 2.04. The van der Waals surface area contributed by atoms with Crippen LogP contribution in [0.2, 0.25) is 0 Å². The average Bonchev–Trinajstić information content (AvgIpc) is 2.42. The predicted molar refractivity (Wildman–Crippen MR) is 94.6 cm³/mol. The summed E-state index contributed by atoms with van der Waals surface area (Å²) < 4.78 is 1.11. The minimum absolute atomic E-state index is 0.370. The molecule has 2 heteroatoms. The summed E-state index contributed by atoms with van der Waals surface area (Å²) in [5, 5.41) is 8.69. The normalized spacial score (nSPS) is 12.0. The van der Waals surface area contributed by atoms with Gasteiger partial charge in [-0.15, -0.1) is 0 Å². The lowest BCUT2D eigenvalue weighted by Gasteiger charge is -2.23. The maximum Gasteiger partial charge on any atom is 0.0780 e. The van der Waals surface area contributed by atoms with Crippen LogP contribution in [0.25, 0.3) is 0 Å². The Bertz CT molecular complexity index is 198. The summed E-state index contributed by atoms with van der Waals surface area (Å²) in [6.07, 6.45) is 19.2. The number of nitrogens with zero attached hydrogens (tertiary/aromatic N) is 1. The Kier molecular flexibility index (Phi) is 14.8. The zero-order valence-corrected chi connectivity index (χ0v) is 15.2. The Labute approximate surface area is 134 Å². The fourth-order valence-corrected chi connectivity index (χ4v) is 2.82. The molecular weight excluding hydrogens is 258 g/mol. The molecule has 0 radical (unpaired) electrons. The molecule has 0 saturated carbocycles. The quantitative estimate of drug-likeness (QED) is 0.309. The molecule has 2 nitrogen and oxygen atoms in total. The van der Waals surface area contributed by atoms with Crippen molar-refractivity contribution < 1.29 is 9.59 Å². The van der Waals surface area contributed by atoms with Crippen molar-refractivity contribution in [1.82, 2.24) is 0 Å². The Morgan fingerprint density at radius 2 is 0.762 bits per heavy atom. The highest BCUT2D eigenvalue weighted by Crippen LogP contribution is 2.13. The number of hydrogen-bond acceptors (Lipinski definition) is 1. The minimum atomic E-state index is 0.370. The fourth-order valence-electron chi connectivity index (χ4n) is 2.82. The minimum Gasteiger partial charge on any atom is -0.396 e. The number of unbranched alkanes of at least 4 members (excludes halogenated alkanes) is 13. The zero-order valence-electron chi connectivity index (χ0n) is 15.2. The van der Waals surface area contributed by atoms with Crippen LogP contribution >= 0.6 is 0 Å². The van der Waals surface area contributed by atoms with Crippen molar-refractivity contribution in [2.24, 2.45) is 0 Å². The number of hydrogen-bond donors (Lipinski definition) is 1. The second-order valence-corrected chi connectivity index (χ2v) is 7.69. The van der Waals surface area contributed by atoms with E-state index in [-0.39, 0.29) is 0 Å². The second-order valence-electron chi connectivity index (χ2n) is 7.69. The van der Waals surface area contributed by atoms with Crippen LogP contribution in [-0.2, 0) is 0 Å². The van der Waals surface area contributed by atoms with Crippen LogP contribution in [-0.4, -0.2) is 43.9 Å². The average molecular weight is 301 g/mol. The van der Waals surface area contributed by atoms with Crippen LogP contribution in [0.5, 0.6) is 0 Å². The first-order valence-electron chi connectivity index (χ1n) is 9.47. The molecular formula is C19H42NO+. The summed E-state index contributed by atoms with van der Waals surface area (Å²) in [6.45, 7) is 1.69. The van der Waals surface area contributed by atoms with Gasteiger partial charge in [-0.25, -0.2) is 0 Å². The molecule has 0 aliphatic rings. The van der Waals surface area contributed by atoms with Gasteiger partial charge in [0.15, 0.2) is 0 Å². The standard InChI is InChI=1S/C19H42NO/c1-20(2,3)18-16-14-12-10-8-6-4-5-7-9-11-13-15-17-19-21/h21H,4-19H2,1-3H3/q+1. The van der Waals surface area contributed by atoms with Crippen LogP contribution < -0.4 is 0 Å². The summed E-state index contributed by atoms with van der Waals surface area (Å²) in [4.78, 5) is 0. The highest BCUT2D eigenvalue weighted by atomic mass is 16.2. The SMILES string of the molecule is C[N+](C)(C)CCCCCCCCCCCCCCCCO. The van der Waals surface area contributed by atoms with E-state index in [1.807, 2.05) is 0 Å². The molecule has 0 aliphatic heterocycles. The second kappa shape index (κ2) is 14.8. The van der Waals surface area contributed by atoms with Gasteiger partial charge in [-0.3, -0.25) is 0 Å². The molecule has 1 N–H and O–H groups in total. The first-order valence-corrected chi connectivity index (χ1v) is 9.47. The summed E-state index contributed by atoms with van der Waals surface area (Å²) in [5.74, 6) is 0. The van der Waals surface area contributed by atoms with Gasteiger partial charge in [0.2, 0.25) is 0 Å². The summed E-state index contributed by atoms with van der Waals surface area (Å²) in [6, 6.07) is 0. The van der Waals surface area contributed by atoms with E-state index in [0.717, 1.165) is 10.9 Å². The smallest absolute Gasteiger partial charge is 0.0780 e. The third-order valence-electron chi connectivity index (χ3n) is 4.24. The maximum absolute atomic E-state index is 8.69. The van der Waals surface area contributed by atoms with Gasteiger partial charge in [0.1, 0.15) is 0 Å². The molecule has 0 heterocycles. The molecule has 0 saturated heterocycles. The highest BCUT2D eigenvalue weighted by molar-refractivity contribution is 4.49. The Morgan fingerprint density at radius 3 is 1.05 bits per heavy atom. The van der Waals surface area contributed by atoms with Crippen LogP contribution in [0.15, 0.2) is 0 Å². The topological polar surface area (TPSA) is 20.2 Å². The van der Waals surface area contributed by atoms with Crippen molar-refractivity contribution in [3.05, 3.63) is 0 Å². The monoisotopic (exact) mass is 300 g/mol. The van der Waals surface area contributed by atoms with E-state index >= 15 is 0 Å². The third kappa shape index (κ3) is 19.9. The van der Waals surface area contributed by atoms with Crippen LogP contribution in [0.4, 0.5) is 0 Å². The lowest BCUT2D eigenvalue weighted by Crippen LogP contribution is -2.35. The number of rotatable bonds is 16. The lowest BCUT2D eigenvalue weighted by atomic mass is 10.0. The number of aliphatic hydroxyl groups is 1. The van der Waals surface area contributed by atoms with E-state index in [4.69, 9.17) is 5.11 Å². The van der Waals surface area contributed by atoms with Crippen molar-refractivity contribution in [2.75, 3.05) is 34.3 Å². The van der Waals surface area contributed by atoms with Gasteiger partial charge in [-0.1, -0.05) is 70.6 Å². The molecule has 0 fully saturated rings. The molecule has 0 aliphatic carbocycles. The first kappa shape index (κ1) is 20.9. The summed E-state index contributed by atoms with van der Waals surface area (Å²) in [5.41, 5.74) is 0.